The number of hydrogen-bond donors (Lipinski definition) is 4. The molecule has 1 aliphatic rings. The van der Waals surface area contributed by atoms with E-state index in [1.165, 1.54) is 109 Å². The smallest absolute Gasteiger partial charge is 0.306 e. The van der Waals surface area contributed by atoms with Crippen molar-refractivity contribution in [1.82, 2.24) is 0 Å². The molecule has 4 N–H and O–H groups in total. The van der Waals surface area contributed by atoms with E-state index in [9.17, 15) is 25.2 Å². The average molecular weight is 807 g/mol. The van der Waals surface area contributed by atoms with Gasteiger partial charge in [0.25, 0.3) is 0 Å². The molecule has 6 atom stereocenters. The van der Waals surface area contributed by atoms with Crippen LogP contribution in [0.4, 0.5) is 0 Å². The topological polar surface area (TPSA) is 135 Å². The van der Waals surface area contributed by atoms with E-state index in [2.05, 4.69) is 62.5 Å². The summed E-state index contributed by atoms with van der Waals surface area (Å²) in [4.78, 5) is 12.8. The molecular weight excluding hydrogens is 721 g/mol. The monoisotopic (exact) mass is 807 g/mol. The van der Waals surface area contributed by atoms with Crippen LogP contribution in [0.1, 0.15) is 187 Å². The normalized spacial score (nSPS) is 20.8. The van der Waals surface area contributed by atoms with Crippen molar-refractivity contribution in [3.05, 3.63) is 48.6 Å². The van der Waals surface area contributed by atoms with Crippen LogP contribution in [0.15, 0.2) is 48.6 Å². The van der Waals surface area contributed by atoms with Crippen molar-refractivity contribution in [1.29, 1.82) is 0 Å². The van der Waals surface area contributed by atoms with Gasteiger partial charge in [0, 0.05) is 13.0 Å². The quantitative estimate of drug-likeness (QED) is 0.0272. The zero-order valence-corrected chi connectivity index (χ0v) is 36.3. The molecule has 0 spiro atoms. The van der Waals surface area contributed by atoms with Gasteiger partial charge < -0.3 is 39.4 Å². The van der Waals surface area contributed by atoms with E-state index in [-0.39, 0.29) is 19.2 Å². The average Bonchev–Trinajstić information content (AvgIpc) is 3.21. The summed E-state index contributed by atoms with van der Waals surface area (Å²) in [6, 6.07) is 0. The van der Waals surface area contributed by atoms with Crippen molar-refractivity contribution in [3.63, 3.8) is 0 Å². The minimum absolute atomic E-state index is 0.108. The van der Waals surface area contributed by atoms with Gasteiger partial charge in [-0.3, -0.25) is 4.79 Å². The van der Waals surface area contributed by atoms with Crippen molar-refractivity contribution in [2.75, 3.05) is 26.4 Å². The second kappa shape index (κ2) is 39.6. The fraction of sp³-hybridized carbons (Fsp3) is 0.812. The second-order valence-electron chi connectivity index (χ2n) is 15.8. The summed E-state index contributed by atoms with van der Waals surface area (Å²) in [5.74, 6) is -0.330. The predicted molar refractivity (Wildman–Crippen MR) is 233 cm³/mol. The largest absolute Gasteiger partial charge is 0.457 e. The summed E-state index contributed by atoms with van der Waals surface area (Å²) >= 11 is 0. The fourth-order valence-electron chi connectivity index (χ4n) is 6.91. The molecular formula is C48H86O9. The van der Waals surface area contributed by atoms with Crippen LogP contribution < -0.4 is 0 Å². The van der Waals surface area contributed by atoms with Gasteiger partial charge in [-0.1, -0.05) is 184 Å². The van der Waals surface area contributed by atoms with Gasteiger partial charge in [0.15, 0.2) is 6.29 Å². The highest BCUT2D eigenvalue weighted by molar-refractivity contribution is 5.69. The molecule has 1 saturated heterocycles. The Kier molecular flexibility index (Phi) is 36.9. The third-order valence-corrected chi connectivity index (χ3v) is 10.5. The Morgan fingerprint density at radius 2 is 1.05 bits per heavy atom. The minimum Gasteiger partial charge on any atom is -0.457 e. The Balaban J connectivity index is 2.26. The molecule has 9 nitrogen and oxygen atoms in total. The number of rotatable bonds is 39. The summed E-state index contributed by atoms with van der Waals surface area (Å²) in [6.45, 7) is 4.31. The maximum Gasteiger partial charge on any atom is 0.306 e. The Bertz CT molecular complexity index is 1010. The van der Waals surface area contributed by atoms with Crippen LogP contribution in [0.5, 0.6) is 0 Å². The number of carbonyl (C=O) groups excluding carboxylic acids is 1. The molecule has 0 aliphatic carbocycles. The highest BCUT2D eigenvalue weighted by Gasteiger charge is 2.44. The predicted octanol–water partition coefficient (Wildman–Crippen LogP) is 10.5. The first kappa shape index (κ1) is 53.2. The minimum atomic E-state index is -1.55. The van der Waals surface area contributed by atoms with Gasteiger partial charge in [0.2, 0.25) is 0 Å². The van der Waals surface area contributed by atoms with Crippen LogP contribution in [0.25, 0.3) is 0 Å². The van der Waals surface area contributed by atoms with Crippen molar-refractivity contribution < 1.29 is 44.2 Å². The number of aliphatic hydroxyl groups excluding tert-OH is 4. The van der Waals surface area contributed by atoms with Crippen molar-refractivity contribution in [2.45, 2.75) is 224 Å². The molecule has 0 aromatic rings. The third-order valence-electron chi connectivity index (χ3n) is 10.5. The third kappa shape index (κ3) is 30.8. The molecule has 57 heavy (non-hydrogen) atoms. The molecule has 0 radical (unpaired) electrons. The summed E-state index contributed by atoms with van der Waals surface area (Å²) < 4.78 is 22.7. The zero-order chi connectivity index (χ0) is 41.4. The van der Waals surface area contributed by atoms with Gasteiger partial charge >= 0.3 is 5.97 Å². The number of aliphatic hydroxyl groups is 4. The fourth-order valence-corrected chi connectivity index (χ4v) is 6.91. The van der Waals surface area contributed by atoms with Crippen LogP contribution in [0.3, 0.4) is 0 Å². The molecule has 9 heteroatoms. The van der Waals surface area contributed by atoms with Gasteiger partial charge in [-0.25, -0.2) is 0 Å². The lowest BCUT2D eigenvalue weighted by atomic mass is 9.99. The maximum absolute atomic E-state index is 12.8. The van der Waals surface area contributed by atoms with Crippen LogP contribution >= 0.6 is 0 Å². The van der Waals surface area contributed by atoms with Gasteiger partial charge in [-0.05, 0) is 44.9 Å². The summed E-state index contributed by atoms with van der Waals surface area (Å²) in [7, 11) is 0. The van der Waals surface area contributed by atoms with Crippen LogP contribution in [-0.2, 0) is 23.7 Å². The molecule has 1 rings (SSSR count). The van der Waals surface area contributed by atoms with Crippen molar-refractivity contribution in [3.8, 4) is 0 Å². The summed E-state index contributed by atoms with van der Waals surface area (Å²) in [6.07, 6.45) is 41.6. The second-order valence-corrected chi connectivity index (χ2v) is 15.8. The highest BCUT2D eigenvalue weighted by Crippen LogP contribution is 2.22. The first-order chi connectivity index (χ1) is 27.9. The Hall–Kier alpha value is -1.85. The van der Waals surface area contributed by atoms with Gasteiger partial charge in [-0.15, -0.1) is 0 Å². The molecule has 1 heterocycles. The lowest BCUT2D eigenvalue weighted by Gasteiger charge is -2.39. The van der Waals surface area contributed by atoms with Crippen LogP contribution in [0, 0.1) is 0 Å². The van der Waals surface area contributed by atoms with E-state index in [1.807, 2.05) is 0 Å². The van der Waals surface area contributed by atoms with E-state index in [0.717, 1.165) is 57.8 Å². The highest BCUT2D eigenvalue weighted by atomic mass is 16.7. The molecule has 1 aliphatic heterocycles. The number of hydrogen-bond acceptors (Lipinski definition) is 9. The molecule has 0 aromatic heterocycles. The standard InChI is InChI=1S/C48H86O9/c1-3-5-7-9-11-13-15-17-19-20-21-22-23-24-25-27-29-31-33-35-37-44(50)56-42(41-55-48-47(53)46(52)45(51)43(39-49)57-48)40-54-38-36-34-32-30-28-26-18-16-14-12-10-8-6-4-2/h6,8,12,14,18,26,30,32,42-43,45-49,51-53H,3-5,7,9-11,13,15-17,19-25,27-29,31,33-41H2,1-2H3/b8-6-,14-12-,26-18-,32-30-. The van der Waals surface area contributed by atoms with Gasteiger partial charge in [0.05, 0.1) is 19.8 Å². The maximum atomic E-state index is 12.8. The van der Waals surface area contributed by atoms with Crippen LogP contribution in [-0.4, -0.2) is 89.6 Å². The van der Waals surface area contributed by atoms with E-state index >= 15 is 0 Å². The van der Waals surface area contributed by atoms with E-state index in [4.69, 9.17) is 18.9 Å². The molecule has 332 valence electrons. The lowest BCUT2D eigenvalue weighted by Crippen LogP contribution is -2.59. The number of ether oxygens (including phenoxy) is 4. The molecule has 0 saturated carbocycles. The lowest BCUT2D eigenvalue weighted by molar-refractivity contribution is -0.305. The van der Waals surface area contributed by atoms with E-state index < -0.39 is 43.4 Å². The van der Waals surface area contributed by atoms with Crippen LogP contribution in [0.2, 0.25) is 0 Å². The first-order valence-electron chi connectivity index (χ1n) is 23.2. The molecule has 0 aromatic carbocycles. The molecule has 0 bridgehead atoms. The van der Waals surface area contributed by atoms with Crippen molar-refractivity contribution in [2.24, 2.45) is 0 Å². The SMILES string of the molecule is CC/C=C\C/C=C\C/C=C\C/C=C\CCCOCC(COC1OC(CO)C(O)C(O)C1O)OC(=O)CCCCCCCCCCCCCCCCCCCCCC. The van der Waals surface area contributed by atoms with Gasteiger partial charge in [0.1, 0.15) is 30.5 Å². The number of allylic oxidation sites excluding steroid dienone is 8. The molecule has 6 unspecified atom stereocenters. The molecule has 0 amide bonds. The number of unbranched alkanes of at least 4 members (excludes halogenated alkanes) is 20. The summed E-state index contributed by atoms with van der Waals surface area (Å²) in [5.41, 5.74) is 0. The Morgan fingerprint density at radius 3 is 1.54 bits per heavy atom. The Labute approximate surface area is 348 Å². The first-order valence-corrected chi connectivity index (χ1v) is 23.2. The van der Waals surface area contributed by atoms with E-state index in [1.54, 1.807) is 0 Å². The zero-order valence-electron chi connectivity index (χ0n) is 36.3. The van der Waals surface area contributed by atoms with Gasteiger partial charge in [-0.2, -0.15) is 0 Å². The number of esters is 1. The summed E-state index contributed by atoms with van der Waals surface area (Å²) in [5, 5.41) is 40.1. The van der Waals surface area contributed by atoms with Crippen molar-refractivity contribution >= 4 is 5.97 Å². The number of carbonyl (C=O) groups is 1. The molecule has 1 fully saturated rings. The Morgan fingerprint density at radius 1 is 0.579 bits per heavy atom. The van der Waals surface area contributed by atoms with E-state index in [0.29, 0.717) is 13.0 Å².